The van der Waals surface area contributed by atoms with Gasteiger partial charge >= 0.3 is 5.97 Å². The highest BCUT2D eigenvalue weighted by molar-refractivity contribution is 7.20. The van der Waals surface area contributed by atoms with Crippen molar-refractivity contribution in [2.45, 2.75) is 13.3 Å². The lowest BCUT2D eigenvalue weighted by atomic mass is 10.1. The summed E-state index contributed by atoms with van der Waals surface area (Å²) in [6.45, 7) is 1.59. The molecule has 2 N–H and O–H groups in total. The van der Waals surface area contributed by atoms with Gasteiger partial charge in [0, 0.05) is 6.42 Å². The first-order valence-corrected chi connectivity index (χ1v) is 7.27. The van der Waals surface area contributed by atoms with E-state index in [9.17, 15) is 14.0 Å². The number of nitrogens with zero attached hydrogens (tertiary/aromatic N) is 1. The Labute approximate surface area is 128 Å². The van der Waals surface area contributed by atoms with Crippen LogP contribution >= 0.6 is 11.3 Å². The zero-order valence-electron chi connectivity index (χ0n) is 11.5. The van der Waals surface area contributed by atoms with Crippen molar-refractivity contribution in [2.24, 2.45) is 0 Å². The molecule has 0 saturated heterocycles. The smallest absolute Gasteiger partial charge is 0.346 e. The Hall–Kier alpha value is -2.54. The summed E-state index contributed by atoms with van der Waals surface area (Å²) < 4.78 is 13.2. The summed E-state index contributed by atoms with van der Waals surface area (Å²) in [6, 6.07) is 6.02. The van der Waals surface area contributed by atoms with E-state index < -0.39 is 5.97 Å². The fourth-order valence-electron chi connectivity index (χ4n) is 2.32. The van der Waals surface area contributed by atoms with Crippen molar-refractivity contribution in [1.82, 2.24) is 9.97 Å². The molecule has 3 rings (SSSR count). The number of carboxylic acids is 1. The van der Waals surface area contributed by atoms with E-state index in [-0.39, 0.29) is 22.7 Å². The van der Waals surface area contributed by atoms with Gasteiger partial charge < -0.3 is 10.1 Å². The van der Waals surface area contributed by atoms with Crippen LogP contribution in [-0.4, -0.2) is 21.0 Å². The van der Waals surface area contributed by atoms with Crippen LogP contribution in [0.15, 0.2) is 29.1 Å². The third-order valence-electron chi connectivity index (χ3n) is 3.30. The third kappa shape index (κ3) is 2.50. The topological polar surface area (TPSA) is 83.0 Å². The standard InChI is InChI=1S/C15H11FN2O3S/c1-7-11-13(19)17-10(6-8-3-2-4-9(16)5-8)18-14(11)22-12(7)15(20)21/h2-5H,6H2,1H3,(H,20,21)(H,17,18,19). The maximum Gasteiger partial charge on any atom is 0.346 e. The molecule has 0 saturated carbocycles. The van der Waals surface area contributed by atoms with Crippen molar-refractivity contribution in [3.63, 3.8) is 0 Å². The van der Waals surface area contributed by atoms with Crippen LogP contribution in [0.5, 0.6) is 0 Å². The number of fused-ring (bicyclic) bond motifs is 1. The van der Waals surface area contributed by atoms with E-state index in [4.69, 9.17) is 5.11 Å². The molecule has 2 heterocycles. The number of aryl methyl sites for hydroxylation is 1. The van der Waals surface area contributed by atoms with Crippen molar-refractivity contribution in [3.05, 3.63) is 62.3 Å². The lowest BCUT2D eigenvalue weighted by molar-refractivity contribution is 0.0701. The number of hydrogen-bond donors (Lipinski definition) is 2. The fourth-order valence-corrected chi connectivity index (χ4v) is 3.36. The molecule has 0 fully saturated rings. The van der Waals surface area contributed by atoms with E-state index in [2.05, 4.69) is 9.97 Å². The molecular formula is C15H11FN2O3S. The van der Waals surface area contributed by atoms with Gasteiger partial charge in [-0.2, -0.15) is 0 Å². The maximum atomic E-state index is 13.2. The molecule has 3 aromatic rings. The molecule has 112 valence electrons. The van der Waals surface area contributed by atoms with Gasteiger partial charge in [0.05, 0.1) is 5.39 Å². The largest absolute Gasteiger partial charge is 0.477 e. The van der Waals surface area contributed by atoms with Crippen LogP contribution in [0.2, 0.25) is 0 Å². The highest BCUT2D eigenvalue weighted by Gasteiger charge is 2.18. The number of rotatable bonds is 3. The number of halogens is 1. The molecule has 0 atom stereocenters. The molecule has 0 aliphatic carbocycles. The summed E-state index contributed by atoms with van der Waals surface area (Å²) >= 11 is 0.969. The lowest BCUT2D eigenvalue weighted by Crippen LogP contribution is -2.12. The average molecular weight is 318 g/mol. The van der Waals surface area contributed by atoms with Crippen LogP contribution in [0.4, 0.5) is 4.39 Å². The Bertz CT molecular complexity index is 946. The number of benzene rings is 1. The van der Waals surface area contributed by atoms with Gasteiger partial charge in [-0.3, -0.25) is 4.79 Å². The number of thiophene rings is 1. The summed E-state index contributed by atoms with van der Waals surface area (Å²) in [7, 11) is 0. The van der Waals surface area contributed by atoms with Crippen molar-refractivity contribution in [1.29, 1.82) is 0 Å². The first kappa shape index (κ1) is 14.4. The van der Waals surface area contributed by atoms with Crippen LogP contribution in [-0.2, 0) is 6.42 Å². The van der Waals surface area contributed by atoms with Crippen molar-refractivity contribution in [2.75, 3.05) is 0 Å². The van der Waals surface area contributed by atoms with Crippen LogP contribution < -0.4 is 5.56 Å². The first-order chi connectivity index (χ1) is 10.5. The van der Waals surface area contributed by atoms with Gasteiger partial charge in [0.25, 0.3) is 5.56 Å². The van der Waals surface area contributed by atoms with E-state index in [1.165, 1.54) is 12.1 Å². The van der Waals surface area contributed by atoms with E-state index in [1.54, 1.807) is 19.1 Å². The quantitative estimate of drug-likeness (QED) is 0.778. The number of hydrogen-bond acceptors (Lipinski definition) is 4. The van der Waals surface area contributed by atoms with Gasteiger partial charge in [-0.05, 0) is 30.2 Å². The fraction of sp³-hybridized carbons (Fsp3) is 0.133. The molecule has 22 heavy (non-hydrogen) atoms. The number of aromatic carboxylic acids is 1. The Balaban J connectivity index is 2.09. The highest BCUT2D eigenvalue weighted by Crippen LogP contribution is 2.27. The molecule has 0 aliphatic heterocycles. The molecular weight excluding hydrogens is 307 g/mol. The number of aromatic nitrogens is 2. The molecule has 0 radical (unpaired) electrons. The molecule has 7 heteroatoms. The Morgan fingerprint density at radius 1 is 1.45 bits per heavy atom. The number of H-pyrrole nitrogens is 1. The lowest BCUT2D eigenvalue weighted by Gasteiger charge is -2.02. The van der Waals surface area contributed by atoms with Gasteiger partial charge in [-0.1, -0.05) is 12.1 Å². The molecule has 5 nitrogen and oxygen atoms in total. The minimum Gasteiger partial charge on any atom is -0.477 e. The minimum atomic E-state index is -1.08. The van der Waals surface area contributed by atoms with E-state index in [0.717, 1.165) is 11.3 Å². The van der Waals surface area contributed by atoms with Crippen molar-refractivity contribution in [3.8, 4) is 0 Å². The van der Waals surface area contributed by atoms with Crippen LogP contribution in [0.25, 0.3) is 10.2 Å². The number of carbonyl (C=O) groups is 1. The third-order valence-corrected chi connectivity index (χ3v) is 4.48. The molecule has 0 aliphatic rings. The van der Waals surface area contributed by atoms with Crippen LogP contribution in [0, 0.1) is 12.7 Å². The molecule has 0 unspecified atom stereocenters. The van der Waals surface area contributed by atoms with Gasteiger partial charge in [0.15, 0.2) is 0 Å². The van der Waals surface area contributed by atoms with E-state index in [1.807, 2.05) is 0 Å². The normalized spacial score (nSPS) is 11.0. The predicted molar refractivity (Wildman–Crippen MR) is 81.1 cm³/mol. The monoisotopic (exact) mass is 318 g/mol. The zero-order valence-corrected chi connectivity index (χ0v) is 12.3. The predicted octanol–water partition coefficient (Wildman–Crippen LogP) is 2.72. The van der Waals surface area contributed by atoms with Gasteiger partial charge in [-0.25, -0.2) is 14.2 Å². The SMILES string of the molecule is Cc1c(C(=O)O)sc2nc(Cc3cccc(F)c3)[nH]c(=O)c12. The molecule has 0 spiro atoms. The summed E-state index contributed by atoms with van der Waals surface area (Å²) in [6.07, 6.45) is 0.266. The highest BCUT2D eigenvalue weighted by atomic mass is 32.1. The Kier molecular flexibility index (Phi) is 3.50. The van der Waals surface area contributed by atoms with Gasteiger partial charge in [0.2, 0.25) is 0 Å². The van der Waals surface area contributed by atoms with Crippen molar-refractivity contribution >= 4 is 27.5 Å². The summed E-state index contributed by atoms with van der Waals surface area (Å²) in [5.74, 6) is -1.06. The Morgan fingerprint density at radius 3 is 2.91 bits per heavy atom. The second-order valence-corrected chi connectivity index (χ2v) is 5.86. The molecule has 1 aromatic carbocycles. The van der Waals surface area contributed by atoms with Crippen LogP contribution in [0.3, 0.4) is 0 Å². The number of nitrogens with one attached hydrogen (secondary N) is 1. The first-order valence-electron chi connectivity index (χ1n) is 6.45. The zero-order chi connectivity index (χ0) is 15.9. The average Bonchev–Trinajstić information content (AvgIpc) is 2.76. The molecule has 0 bridgehead atoms. The van der Waals surface area contributed by atoms with E-state index >= 15 is 0 Å². The van der Waals surface area contributed by atoms with Gasteiger partial charge in [0.1, 0.15) is 21.3 Å². The minimum absolute atomic E-state index is 0.107. The van der Waals surface area contributed by atoms with Crippen LogP contribution in [0.1, 0.15) is 26.6 Å². The summed E-state index contributed by atoms with van der Waals surface area (Å²) in [5.41, 5.74) is 0.713. The maximum absolute atomic E-state index is 13.2. The molecule has 2 aromatic heterocycles. The summed E-state index contributed by atoms with van der Waals surface area (Å²) in [5, 5.41) is 9.42. The van der Waals surface area contributed by atoms with Crippen molar-refractivity contribution < 1.29 is 14.3 Å². The number of aromatic amines is 1. The van der Waals surface area contributed by atoms with Gasteiger partial charge in [-0.15, -0.1) is 11.3 Å². The number of carboxylic acid groups (broad SMARTS) is 1. The van der Waals surface area contributed by atoms with E-state index in [0.29, 0.717) is 27.2 Å². The summed E-state index contributed by atoms with van der Waals surface area (Å²) in [4.78, 5) is 30.7. The molecule has 0 amide bonds. The second-order valence-electron chi connectivity index (χ2n) is 4.86. The Morgan fingerprint density at radius 2 is 2.23 bits per heavy atom. The second kappa shape index (κ2) is 5.34.